The Kier molecular flexibility index (Phi) is 5.34. The number of aryl methyl sites for hydroxylation is 1. The van der Waals surface area contributed by atoms with Crippen LogP contribution in [0.1, 0.15) is 51.4 Å². The molecule has 1 saturated carbocycles. The quantitative estimate of drug-likeness (QED) is 0.785. The first-order valence-corrected chi connectivity index (χ1v) is 8.71. The molecule has 2 aromatic rings. The number of hydrogen-bond acceptors (Lipinski definition) is 1. The molecule has 0 atom stereocenters. The summed E-state index contributed by atoms with van der Waals surface area (Å²) in [6.07, 6.45) is 13.4. The van der Waals surface area contributed by atoms with E-state index in [0.29, 0.717) is 0 Å². The summed E-state index contributed by atoms with van der Waals surface area (Å²) < 4.78 is 2.38. The molecule has 1 aromatic carbocycles. The molecular formula is C19H28N2. The normalized spacial score (nSPS) is 17.7. The number of aromatic nitrogens is 1. The summed E-state index contributed by atoms with van der Waals surface area (Å²) in [5.74, 6) is 0. The third kappa shape index (κ3) is 4.10. The fraction of sp³-hybridized carbons (Fsp3) is 0.579. The van der Waals surface area contributed by atoms with Crippen LogP contribution in [-0.4, -0.2) is 17.2 Å². The molecule has 3 rings (SSSR count). The van der Waals surface area contributed by atoms with Crippen molar-refractivity contribution in [3.8, 4) is 0 Å². The van der Waals surface area contributed by atoms with Crippen molar-refractivity contribution in [3.05, 3.63) is 36.5 Å². The molecule has 1 fully saturated rings. The lowest BCUT2D eigenvalue weighted by molar-refractivity contribution is 0.385. The number of rotatable bonds is 5. The van der Waals surface area contributed by atoms with Crippen LogP contribution >= 0.6 is 0 Å². The van der Waals surface area contributed by atoms with Gasteiger partial charge in [-0.15, -0.1) is 0 Å². The monoisotopic (exact) mass is 284 g/mol. The SMILES string of the molecule is c1ccc2c(c1)ccn2CCCNC1CCCCCCC1. The van der Waals surface area contributed by atoms with Crippen molar-refractivity contribution in [2.45, 2.75) is 64.0 Å². The highest BCUT2D eigenvalue weighted by atomic mass is 15.0. The van der Waals surface area contributed by atoms with E-state index in [4.69, 9.17) is 0 Å². The summed E-state index contributed by atoms with van der Waals surface area (Å²) in [6.45, 7) is 2.27. The Hall–Kier alpha value is -1.28. The molecule has 114 valence electrons. The molecule has 0 spiro atoms. The second-order valence-corrected chi connectivity index (χ2v) is 6.42. The van der Waals surface area contributed by atoms with E-state index in [2.05, 4.69) is 46.4 Å². The molecule has 0 saturated heterocycles. The van der Waals surface area contributed by atoms with Crippen LogP contribution in [0.25, 0.3) is 10.9 Å². The number of fused-ring (bicyclic) bond motifs is 1. The number of para-hydroxylation sites is 1. The van der Waals surface area contributed by atoms with Crippen LogP contribution in [0.2, 0.25) is 0 Å². The highest BCUT2D eigenvalue weighted by Gasteiger charge is 2.10. The second kappa shape index (κ2) is 7.65. The lowest BCUT2D eigenvalue weighted by Crippen LogP contribution is -2.31. The zero-order valence-electron chi connectivity index (χ0n) is 13.1. The van der Waals surface area contributed by atoms with Crippen LogP contribution in [-0.2, 0) is 6.54 Å². The molecule has 0 unspecified atom stereocenters. The van der Waals surface area contributed by atoms with Crippen molar-refractivity contribution in [2.24, 2.45) is 0 Å². The number of nitrogens with zero attached hydrogens (tertiary/aromatic N) is 1. The second-order valence-electron chi connectivity index (χ2n) is 6.42. The molecule has 1 aromatic heterocycles. The summed E-state index contributed by atoms with van der Waals surface area (Å²) in [6, 6.07) is 11.6. The zero-order valence-corrected chi connectivity index (χ0v) is 13.1. The Morgan fingerprint density at radius 2 is 1.71 bits per heavy atom. The minimum atomic E-state index is 0.770. The van der Waals surface area contributed by atoms with Crippen LogP contribution in [0.15, 0.2) is 36.5 Å². The molecular weight excluding hydrogens is 256 g/mol. The van der Waals surface area contributed by atoms with Crippen LogP contribution in [0.5, 0.6) is 0 Å². The van der Waals surface area contributed by atoms with E-state index in [1.165, 1.54) is 62.3 Å². The van der Waals surface area contributed by atoms with Gasteiger partial charge in [0.15, 0.2) is 0 Å². The lowest BCUT2D eigenvalue weighted by Gasteiger charge is -2.21. The van der Waals surface area contributed by atoms with Crippen LogP contribution < -0.4 is 5.32 Å². The van der Waals surface area contributed by atoms with Gasteiger partial charge in [-0.1, -0.05) is 50.3 Å². The predicted octanol–water partition coefficient (Wildman–Crippen LogP) is 4.73. The van der Waals surface area contributed by atoms with E-state index in [1.807, 2.05) is 0 Å². The van der Waals surface area contributed by atoms with Gasteiger partial charge in [0.2, 0.25) is 0 Å². The van der Waals surface area contributed by atoms with Crippen molar-refractivity contribution in [1.82, 2.24) is 9.88 Å². The highest BCUT2D eigenvalue weighted by molar-refractivity contribution is 5.79. The van der Waals surface area contributed by atoms with Crippen LogP contribution in [0.3, 0.4) is 0 Å². The van der Waals surface area contributed by atoms with E-state index in [1.54, 1.807) is 0 Å². The largest absolute Gasteiger partial charge is 0.347 e. The van der Waals surface area contributed by atoms with Gasteiger partial charge in [-0.05, 0) is 43.3 Å². The summed E-state index contributed by atoms with van der Waals surface area (Å²) in [5, 5.41) is 5.14. The maximum atomic E-state index is 3.79. The first kappa shape index (κ1) is 14.6. The van der Waals surface area contributed by atoms with Gasteiger partial charge >= 0.3 is 0 Å². The van der Waals surface area contributed by atoms with Gasteiger partial charge in [0.25, 0.3) is 0 Å². The average Bonchev–Trinajstić information content (AvgIpc) is 2.88. The summed E-state index contributed by atoms with van der Waals surface area (Å²) >= 11 is 0. The molecule has 1 aliphatic rings. The van der Waals surface area contributed by atoms with Crippen molar-refractivity contribution in [1.29, 1.82) is 0 Å². The van der Waals surface area contributed by atoms with Crippen molar-refractivity contribution in [2.75, 3.05) is 6.54 Å². The van der Waals surface area contributed by atoms with E-state index >= 15 is 0 Å². The Bertz CT molecular complexity index is 535. The average molecular weight is 284 g/mol. The van der Waals surface area contributed by atoms with E-state index in [-0.39, 0.29) is 0 Å². The van der Waals surface area contributed by atoms with Gasteiger partial charge in [0.05, 0.1) is 0 Å². The highest BCUT2D eigenvalue weighted by Crippen LogP contribution is 2.17. The van der Waals surface area contributed by atoms with Crippen LogP contribution in [0, 0.1) is 0 Å². The standard InChI is InChI=1S/C19H28N2/c1-2-4-10-18(11-5-3-1)20-14-8-15-21-16-13-17-9-6-7-12-19(17)21/h6-7,9,12-13,16,18,20H,1-5,8,10-11,14-15H2. The van der Waals surface area contributed by atoms with E-state index < -0.39 is 0 Å². The minimum Gasteiger partial charge on any atom is -0.347 e. The van der Waals surface area contributed by atoms with Gasteiger partial charge in [-0.25, -0.2) is 0 Å². The zero-order chi connectivity index (χ0) is 14.3. The third-order valence-electron chi connectivity index (χ3n) is 4.79. The fourth-order valence-electron chi connectivity index (χ4n) is 3.55. The topological polar surface area (TPSA) is 17.0 Å². The predicted molar refractivity (Wildman–Crippen MR) is 90.7 cm³/mol. The Labute approximate surface area is 128 Å². The number of benzene rings is 1. The van der Waals surface area contributed by atoms with Gasteiger partial charge in [0.1, 0.15) is 0 Å². The van der Waals surface area contributed by atoms with Gasteiger partial charge < -0.3 is 9.88 Å². The Morgan fingerprint density at radius 3 is 2.57 bits per heavy atom. The lowest BCUT2D eigenvalue weighted by atomic mass is 9.97. The van der Waals surface area contributed by atoms with Crippen molar-refractivity contribution >= 4 is 10.9 Å². The molecule has 0 aliphatic heterocycles. The van der Waals surface area contributed by atoms with Crippen molar-refractivity contribution in [3.63, 3.8) is 0 Å². The molecule has 0 bridgehead atoms. The number of nitrogens with one attached hydrogen (secondary N) is 1. The molecule has 1 N–H and O–H groups in total. The third-order valence-corrected chi connectivity index (χ3v) is 4.79. The molecule has 0 amide bonds. The fourth-order valence-corrected chi connectivity index (χ4v) is 3.55. The Morgan fingerprint density at radius 1 is 0.952 bits per heavy atom. The Balaban J connectivity index is 1.43. The molecule has 1 heterocycles. The van der Waals surface area contributed by atoms with Gasteiger partial charge in [-0.2, -0.15) is 0 Å². The van der Waals surface area contributed by atoms with Crippen molar-refractivity contribution < 1.29 is 0 Å². The molecule has 1 aliphatic carbocycles. The molecule has 21 heavy (non-hydrogen) atoms. The molecule has 2 heteroatoms. The molecule has 2 nitrogen and oxygen atoms in total. The summed E-state index contributed by atoms with van der Waals surface area (Å²) in [5.41, 5.74) is 1.36. The maximum absolute atomic E-state index is 3.79. The van der Waals surface area contributed by atoms with Crippen LogP contribution in [0.4, 0.5) is 0 Å². The maximum Gasteiger partial charge on any atom is 0.0480 e. The van der Waals surface area contributed by atoms with Gasteiger partial charge in [-0.3, -0.25) is 0 Å². The summed E-state index contributed by atoms with van der Waals surface area (Å²) in [4.78, 5) is 0. The van der Waals surface area contributed by atoms with Gasteiger partial charge in [0, 0.05) is 24.3 Å². The number of hydrogen-bond donors (Lipinski definition) is 1. The first-order valence-electron chi connectivity index (χ1n) is 8.71. The smallest absolute Gasteiger partial charge is 0.0480 e. The first-order chi connectivity index (χ1) is 10.4. The van der Waals surface area contributed by atoms with E-state index in [0.717, 1.165) is 19.1 Å². The minimum absolute atomic E-state index is 0.770. The van der Waals surface area contributed by atoms with E-state index in [9.17, 15) is 0 Å². The summed E-state index contributed by atoms with van der Waals surface area (Å²) in [7, 11) is 0. The molecule has 0 radical (unpaired) electrons.